The summed E-state index contributed by atoms with van der Waals surface area (Å²) in [6.45, 7) is 0. The highest BCUT2D eigenvalue weighted by atomic mass is 19.4. The molecule has 1 heterocycles. The topological polar surface area (TPSA) is 65.2 Å². The van der Waals surface area contributed by atoms with Crippen LogP contribution in [0.15, 0.2) is 53.1 Å². The largest absolute Gasteiger partial charge is 0.465 e. The monoisotopic (exact) mass is 348 g/mol. The highest BCUT2D eigenvalue weighted by Gasteiger charge is 2.30. The molecule has 0 radical (unpaired) electrons. The van der Waals surface area contributed by atoms with E-state index in [9.17, 15) is 18.0 Å². The minimum atomic E-state index is -4.45. The van der Waals surface area contributed by atoms with Crippen molar-refractivity contribution in [3.63, 3.8) is 0 Å². The van der Waals surface area contributed by atoms with Gasteiger partial charge in [-0.3, -0.25) is 0 Å². The maximum atomic E-state index is 12.8. The molecule has 128 valence electrons. The number of ether oxygens (including phenoxy) is 1. The molecular formula is C17H11F3N2O3. The molecule has 25 heavy (non-hydrogen) atoms. The summed E-state index contributed by atoms with van der Waals surface area (Å²) in [6.07, 6.45) is -4.45. The second kappa shape index (κ2) is 6.39. The number of methoxy groups -OCH3 is 1. The van der Waals surface area contributed by atoms with E-state index in [1.54, 1.807) is 12.1 Å². The van der Waals surface area contributed by atoms with Crippen LogP contribution in [-0.2, 0) is 10.9 Å². The highest BCUT2D eigenvalue weighted by Crippen LogP contribution is 2.32. The van der Waals surface area contributed by atoms with Crippen LogP contribution in [0.2, 0.25) is 0 Å². The third-order valence-corrected chi connectivity index (χ3v) is 3.43. The third kappa shape index (κ3) is 3.52. The van der Waals surface area contributed by atoms with Gasteiger partial charge in [-0.1, -0.05) is 17.3 Å². The summed E-state index contributed by atoms with van der Waals surface area (Å²) in [4.78, 5) is 15.5. The molecule has 0 atom stereocenters. The maximum Gasteiger partial charge on any atom is 0.416 e. The lowest BCUT2D eigenvalue weighted by atomic mass is 10.1. The van der Waals surface area contributed by atoms with Crippen molar-refractivity contribution in [3.05, 3.63) is 59.7 Å². The van der Waals surface area contributed by atoms with Crippen LogP contribution in [0, 0.1) is 0 Å². The smallest absolute Gasteiger partial charge is 0.416 e. The first-order valence-electron chi connectivity index (χ1n) is 7.08. The average molecular weight is 348 g/mol. The standard InChI is InChI=1S/C17H11F3N2O3/c1-24-16(23)11-7-5-10(6-8-11)15-21-14(22-25-15)12-3-2-4-13(9-12)17(18,19)20/h2-9H,1H3. The highest BCUT2D eigenvalue weighted by molar-refractivity contribution is 5.89. The molecule has 0 spiro atoms. The molecule has 0 unspecified atom stereocenters. The second-order valence-electron chi connectivity index (χ2n) is 5.07. The van der Waals surface area contributed by atoms with Gasteiger partial charge in [0.05, 0.1) is 18.2 Å². The number of halogens is 3. The molecule has 0 amide bonds. The second-order valence-corrected chi connectivity index (χ2v) is 5.07. The first-order valence-corrected chi connectivity index (χ1v) is 7.08. The number of carbonyl (C=O) groups excluding carboxylic acids is 1. The first kappa shape index (κ1) is 16.7. The van der Waals surface area contributed by atoms with E-state index in [0.29, 0.717) is 11.1 Å². The van der Waals surface area contributed by atoms with E-state index in [-0.39, 0.29) is 17.3 Å². The zero-order valence-electron chi connectivity index (χ0n) is 12.9. The van der Waals surface area contributed by atoms with Crippen molar-refractivity contribution in [2.24, 2.45) is 0 Å². The Balaban J connectivity index is 1.89. The molecule has 2 aromatic carbocycles. The molecular weight excluding hydrogens is 337 g/mol. The van der Waals surface area contributed by atoms with E-state index < -0.39 is 17.7 Å². The quantitative estimate of drug-likeness (QED) is 0.664. The number of alkyl halides is 3. The zero-order chi connectivity index (χ0) is 18.0. The van der Waals surface area contributed by atoms with Gasteiger partial charge in [-0.15, -0.1) is 0 Å². The lowest BCUT2D eigenvalue weighted by molar-refractivity contribution is -0.137. The van der Waals surface area contributed by atoms with Crippen molar-refractivity contribution in [1.82, 2.24) is 10.1 Å². The van der Waals surface area contributed by atoms with Crippen LogP contribution in [0.1, 0.15) is 15.9 Å². The van der Waals surface area contributed by atoms with Crippen LogP contribution in [0.5, 0.6) is 0 Å². The molecule has 0 aliphatic rings. The molecule has 0 fully saturated rings. The number of benzene rings is 2. The van der Waals surface area contributed by atoms with Gasteiger partial charge >= 0.3 is 12.1 Å². The Labute approximate surface area is 140 Å². The van der Waals surface area contributed by atoms with Crippen molar-refractivity contribution in [2.45, 2.75) is 6.18 Å². The summed E-state index contributed by atoms with van der Waals surface area (Å²) in [7, 11) is 1.27. The molecule has 5 nitrogen and oxygen atoms in total. The van der Waals surface area contributed by atoms with Gasteiger partial charge in [0.2, 0.25) is 5.82 Å². The summed E-state index contributed by atoms with van der Waals surface area (Å²) < 4.78 is 48.1. The van der Waals surface area contributed by atoms with Crippen molar-refractivity contribution < 1.29 is 27.2 Å². The van der Waals surface area contributed by atoms with Crippen molar-refractivity contribution >= 4 is 5.97 Å². The van der Waals surface area contributed by atoms with Crippen molar-refractivity contribution in [3.8, 4) is 22.8 Å². The first-order chi connectivity index (χ1) is 11.9. The van der Waals surface area contributed by atoms with Crippen LogP contribution in [0.4, 0.5) is 13.2 Å². The fourth-order valence-electron chi connectivity index (χ4n) is 2.16. The SMILES string of the molecule is COC(=O)c1ccc(-c2nc(-c3cccc(C(F)(F)F)c3)no2)cc1. The van der Waals surface area contributed by atoms with Gasteiger partial charge < -0.3 is 9.26 Å². The van der Waals surface area contributed by atoms with E-state index in [4.69, 9.17) is 4.52 Å². The predicted molar refractivity (Wildman–Crippen MR) is 81.5 cm³/mol. The maximum absolute atomic E-state index is 12.8. The van der Waals surface area contributed by atoms with Crippen molar-refractivity contribution in [2.75, 3.05) is 7.11 Å². The number of rotatable bonds is 3. The Morgan fingerprint density at radius 3 is 2.44 bits per heavy atom. The Hall–Kier alpha value is -3.16. The number of hydrogen-bond donors (Lipinski definition) is 0. The van der Waals surface area contributed by atoms with Gasteiger partial charge in [-0.25, -0.2) is 4.79 Å². The van der Waals surface area contributed by atoms with Crippen LogP contribution in [-0.4, -0.2) is 23.2 Å². The Bertz CT molecular complexity index is 902. The fourth-order valence-corrected chi connectivity index (χ4v) is 2.16. The molecule has 0 aliphatic carbocycles. The van der Waals surface area contributed by atoms with E-state index in [1.807, 2.05) is 0 Å². The average Bonchev–Trinajstić information content (AvgIpc) is 3.11. The lowest BCUT2D eigenvalue weighted by Gasteiger charge is -2.06. The van der Waals surface area contributed by atoms with E-state index >= 15 is 0 Å². The van der Waals surface area contributed by atoms with Gasteiger partial charge in [0, 0.05) is 11.1 Å². The summed E-state index contributed by atoms with van der Waals surface area (Å²) in [5, 5.41) is 3.71. The minimum Gasteiger partial charge on any atom is -0.465 e. The third-order valence-electron chi connectivity index (χ3n) is 3.43. The van der Waals surface area contributed by atoms with Gasteiger partial charge in [-0.2, -0.15) is 18.2 Å². The molecule has 8 heteroatoms. The minimum absolute atomic E-state index is 0.0399. The van der Waals surface area contributed by atoms with Crippen LogP contribution in [0.3, 0.4) is 0 Å². The summed E-state index contributed by atoms with van der Waals surface area (Å²) in [6, 6.07) is 10.9. The summed E-state index contributed by atoms with van der Waals surface area (Å²) in [5.74, 6) is -0.316. The molecule has 0 N–H and O–H groups in total. The molecule has 0 aliphatic heterocycles. The van der Waals surface area contributed by atoms with Crippen LogP contribution in [0.25, 0.3) is 22.8 Å². The van der Waals surface area contributed by atoms with Crippen molar-refractivity contribution in [1.29, 1.82) is 0 Å². The lowest BCUT2D eigenvalue weighted by Crippen LogP contribution is -2.04. The van der Waals surface area contributed by atoms with E-state index in [2.05, 4.69) is 14.9 Å². The molecule has 1 aromatic heterocycles. The number of carbonyl (C=O) groups is 1. The van der Waals surface area contributed by atoms with Gasteiger partial charge in [-0.05, 0) is 36.4 Å². The predicted octanol–water partition coefficient (Wildman–Crippen LogP) is 4.21. The van der Waals surface area contributed by atoms with E-state index in [1.165, 1.54) is 31.4 Å². The van der Waals surface area contributed by atoms with E-state index in [0.717, 1.165) is 12.1 Å². The summed E-state index contributed by atoms with van der Waals surface area (Å²) in [5.41, 5.74) is 0.275. The number of hydrogen-bond acceptors (Lipinski definition) is 5. The van der Waals surface area contributed by atoms with Gasteiger partial charge in [0.1, 0.15) is 0 Å². The fraction of sp³-hybridized carbons (Fsp3) is 0.118. The Morgan fingerprint density at radius 2 is 1.80 bits per heavy atom. The molecule has 0 saturated carbocycles. The Morgan fingerprint density at radius 1 is 1.08 bits per heavy atom. The molecule has 3 aromatic rings. The summed E-state index contributed by atoms with van der Waals surface area (Å²) >= 11 is 0. The molecule has 0 saturated heterocycles. The van der Waals surface area contributed by atoms with Crippen LogP contribution < -0.4 is 0 Å². The number of nitrogens with zero attached hydrogens (tertiary/aromatic N) is 2. The van der Waals surface area contributed by atoms with Gasteiger partial charge in [0.15, 0.2) is 0 Å². The van der Waals surface area contributed by atoms with Gasteiger partial charge in [0.25, 0.3) is 5.89 Å². The number of esters is 1. The molecule has 0 bridgehead atoms. The van der Waals surface area contributed by atoms with Crippen LogP contribution >= 0.6 is 0 Å². The number of aromatic nitrogens is 2. The Kier molecular flexibility index (Phi) is 4.26. The zero-order valence-corrected chi connectivity index (χ0v) is 12.9. The molecule has 3 rings (SSSR count). The normalized spacial score (nSPS) is 11.4.